The summed E-state index contributed by atoms with van der Waals surface area (Å²) in [6, 6.07) is 14.3. The number of aromatic amines is 1. The van der Waals surface area contributed by atoms with Crippen LogP contribution in [0.25, 0.3) is 22.6 Å². The van der Waals surface area contributed by atoms with E-state index in [9.17, 15) is 14.0 Å². The third kappa shape index (κ3) is 4.65. The smallest absolute Gasteiger partial charge is 0.246 e. The van der Waals surface area contributed by atoms with Gasteiger partial charge in [-0.15, -0.1) is 11.3 Å². The van der Waals surface area contributed by atoms with Gasteiger partial charge in [0.2, 0.25) is 11.8 Å². The van der Waals surface area contributed by atoms with E-state index in [4.69, 9.17) is 0 Å². The fourth-order valence-corrected chi connectivity index (χ4v) is 5.06. The van der Waals surface area contributed by atoms with Gasteiger partial charge in [-0.2, -0.15) is 0 Å². The number of rotatable bonds is 5. The molecule has 0 fully saturated rings. The van der Waals surface area contributed by atoms with Crippen molar-refractivity contribution in [1.29, 1.82) is 0 Å². The van der Waals surface area contributed by atoms with Gasteiger partial charge in [0.1, 0.15) is 5.82 Å². The molecule has 0 spiro atoms. The first-order chi connectivity index (χ1) is 17.0. The molecule has 0 unspecified atom stereocenters. The molecule has 1 N–H and O–H groups in total. The Morgan fingerprint density at radius 2 is 1.97 bits per heavy atom. The van der Waals surface area contributed by atoms with E-state index in [1.807, 2.05) is 18.3 Å². The predicted molar refractivity (Wildman–Crippen MR) is 138 cm³/mol. The highest BCUT2D eigenvalue weighted by atomic mass is 32.1. The quantitative estimate of drug-likeness (QED) is 0.364. The molecular weight excluding hydrogens is 463 g/mol. The molecule has 0 saturated carbocycles. The normalized spacial score (nSPS) is 13.9. The first-order valence-corrected chi connectivity index (χ1v) is 12.1. The number of carbonyl (C=O) groups is 2. The first-order valence-electron chi connectivity index (χ1n) is 11.2. The predicted octanol–water partition coefficient (Wildman–Crippen LogP) is 5.78. The Kier molecular flexibility index (Phi) is 6.29. The molecule has 0 radical (unpaired) electrons. The molecule has 6 nitrogen and oxygen atoms in total. The number of halogens is 1. The number of H-pyrrole nitrogens is 1. The average Bonchev–Trinajstić information content (AvgIpc) is 3.51. The molecule has 5 rings (SSSR count). The number of aromatic nitrogens is 2. The van der Waals surface area contributed by atoms with Gasteiger partial charge in [-0.05, 0) is 36.3 Å². The van der Waals surface area contributed by atoms with Crippen LogP contribution >= 0.6 is 11.3 Å². The minimum Gasteiger partial charge on any atom is -0.361 e. The Morgan fingerprint density at radius 3 is 2.74 bits per heavy atom. The SMILES string of the molecule is CC(=O)N(c1nc(/C=C/C(=O)N2CC=C(c3c[nH]c4ccccc34)CC2)cs1)c1ccccc1F. The first kappa shape index (κ1) is 22.7. The number of amides is 2. The number of benzene rings is 2. The Labute approximate surface area is 206 Å². The zero-order valence-corrected chi connectivity index (χ0v) is 19.9. The lowest BCUT2D eigenvalue weighted by Gasteiger charge is -2.25. The lowest BCUT2D eigenvalue weighted by molar-refractivity contribution is -0.125. The van der Waals surface area contributed by atoms with Crippen LogP contribution in [0.5, 0.6) is 0 Å². The van der Waals surface area contributed by atoms with Gasteiger partial charge in [-0.1, -0.05) is 36.4 Å². The van der Waals surface area contributed by atoms with Crippen LogP contribution in [-0.2, 0) is 9.59 Å². The van der Waals surface area contributed by atoms with Crippen molar-refractivity contribution >= 4 is 56.5 Å². The van der Waals surface area contributed by atoms with Crippen LogP contribution in [0.1, 0.15) is 24.6 Å². The molecule has 2 aromatic heterocycles. The molecule has 2 amide bonds. The van der Waals surface area contributed by atoms with Gasteiger partial charge in [-0.3, -0.25) is 14.5 Å². The summed E-state index contributed by atoms with van der Waals surface area (Å²) in [5, 5.41) is 3.27. The van der Waals surface area contributed by atoms with Crippen molar-refractivity contribution < 1.29 is 14.0 Å². The van der Waals surface area contributed by atoms with Crippen molar-refractivity contribution in [2.24, 2.45) is 0 Å². The van der Waals surface area contributed by atoms with E-state index >= 15 is 0 Å². The summed E-state index contributed by atoms with van der Waals surface area (Å²) in [6.07, 6.45) is 8.02. The molecule has 0 atom stereocenters. The van der Waals surface area contributed by atoms with Crippen molar-refractivity contribution in [2.75, 3.05) is 18.0 Å². The fraction of sp³-hybridized carbons (Fsp3) is 0.148. The van der Waals surface area contributed by atoms with Crippen LogP contribution < -0.4 is 4.90 Å². The molecule has 35 heavy (non-hydrogen) atoms. The minimum atomic E-state index is -0.504. The second-order valence-electron chi connectivity index (χ2n) is 8.21. The molecule has 4 aromatic rings. The number of hydrogen-bond donors (Lipinski definition) is 1. The van der Waals surface area contributed by atoms with E-state index < -0.39 is 5.82 Å². The third-order valence-corrected chi connectivity index (χ3v) is 6.81. The summed E-state index contributed by atoms with van der Waals surface area (Å²) < 4.78 is 14.3. The Balaban J connectivity index is 1.27. The lowest BCUT2D eigenvalue weighted by atomic mass is 9.99. The number of para-hydroxylation sites is 2. The van der Waals surface area contributed by atoms with E-state index in [0.717, 1.165) is 11.9 Å². The zero-order chi connectivity index (χ0) is 24.4. The van der Waals surface area contributed by atoms with Crippen molar-refractivity contribution in [3.8, 4) is 0 Å². The summed E-state index contributed by atoms with van der Waals surface area (Å²) in [7, 11) is 0. The largest absolute Gasteiger partial charge is 0.361 e. The maximum Gasteiger partial charge on any atom is 0.246 e. The van der Waals surface area contributed by atoms with Gasteiger partial charge in [0.15, 0.2) is 5.13 Å². The van der Waals surface area contributed by atoms with Gasteiger partial charge >= 0.3 is 0 Å². The van der Waals surface area contributed by atoms with Crippen molar-refractivity contribution in [3.63, 3.8) is 0 Å². The zero-order valence-electron chi connectivity index (χ0n) is 19.1. The van der Waals surface area contributed by atoms with E-state index in [2.05, 4.69) is 28.2 Å². The third-order valence-electron chi connectivity index (χ3n) is 5.96. The molecular formula is C27H23FN4O2S. The number of hydrogen-bond acceptors (Lipinski definition) is 4. The number of fused-ring (bicyclic) bond motifs is 1. The molecule has 8 heteroatoms. The average molecular weight is 487 g/mol. The monoisotopic (exact) mass is 486 g/mol. The summed E-state index contributed by atoms with van der Waals surface area (Å²) in [5.41, 5.74) is 4.20. The standard InChI is InChI=1S/C27H23FN4O2S/c1-18(33)32(25-9-5-3-7-23(25)28)27-30-20(17-35-27)10-11-26(34)31-14-12-19(13-15-31)22-16-29-24-8-4-2-6-21(22)24/h2-12,16-17,29H,13-15H2,1H3/b11-10+. The molecule has 1 aliphatic rings. The molecule has 0 saturated heterocycles. The van der Waals surface area contributed by atoms with Crippen molar-refractivity contribution in [1.82, 2.24) is 14.9 Å². The number of carbonyl (C=O) groups excluding carboxylic acids is 2. The van der Waals surface area contributed by atoms with Gasteiger partial charge in [0.25, 0.3) is 0 Å². The van der Waals surface area contributed by atoms with Gasteiger partial charge in [0.05, 0.1) is 11.4 Å². The summed E-state index contributed by atoms with van der Waals surface area (Å²) in [6.45, 7) is 2.52. The highest BCUT2D eigenvalue weighted by Crippen LogP contribution is 2.31. The van der Waals surface area contributed by atoms with Crippen molar-refractivity contribution in [2.45, 2.75) is 13.3 Å². The molecule has 2 aromatic carbocycles. The van der Waals surface area contributed by atoms with Crippen LogP contribution in [-0.4, -0.2) is 39.8 Å². The van der Waals surface area contributed by atoms with E-state index in [1.165, 1.54) is 57.9 Å². The minimum absolute atomic E-state index is 0.105. The molecule has 1 aliphatic heterocycles. The molecule has 3 heterocycles. The van der Waals surface area contributed by atoms with Crippen LogP contribution in [0, 0.1) is 5.82 Å². The number of anilines is 2. The van der Waals surface area contributed by atoms with Crippen LogP contribution in [0.3, 0.4) is 0 Å². The number of thiazole rings is 1. The van der Waals surface area contributed by atoms with Gasteiger partial charge < -0.3 is 9.88 Å². The van der Waals surface area contributed by atoms with Gasteiger partial charge in [0, 0.05) is 54.1 Å². The van der Waals surface area contributed by atoms with Crippen LogP contribution in [0.4, 0.5) is 15.2 Å². The summed E-state index contributed by atoms with van der Waals surface area (Å²) in [5.74, 6) is -0.955. The van der Waals surface area contributed by atoms with E-state index in [1.54, 1.807) is 28.5 Å². The second-order valence-corrected chi connectivity index (χ2v) is 9.04. The Hall–Kier alpha value is -4.04. The van der Waals surface area contributed by atoms with Crippen LogP contribution in [0.2, 0.25) is 0 Å². The fourth-order valence-electron chi connectivity index (χ4n) is 4.21. The highest BCUT2D eigenvalue weighted by molar-refractivity contribution is 7.14. The molecule has 176 valence electrons. The molecule has 0 aliphatic carbocycles. The van der Waals surface area contributed by atoms with E-state index in [-0.39, 0.29) is 17.5 Å². The van der Waals surface area contributed by atoms with Crippen molar-refractivity contribution in [3.05, 3.63) is 89.3 Å². The lowest BCUT2D eigenvalue weighted by Crippen LogP contribution is -2.33. The maximum absolute atomic E-state index is 14.3. The Morgan fingerprint density at radius 1 is 1.17 bits per heavy atom. The number of nitrogens with zero attached hydrogens (tertiary/aromatic N) is 3. The summed E-state index contributed by atoms with van der Waals surface area (Å²) in [4.78, 5) is 35.7. The van der Waals surface area contributed by atoms with Crippen LogP contribution in [0.15, 0.2) is 72.3 Å². The summed E-state index contributed by atoms with van der Waals surface area (Å²) >= 11 is 1.22. The Bertz CT molecular complexity index is 1470. The maximum atomic E-state index is 14.3. The second kappa shape index (κ2) is 9.68. The number of nitrogens with one attached hydrogen (secondary N) is 1. The van der Waals surface area contributed by atoms with Gasteiger partial charge in [-0.25, -0.2) is 9.37 Å². The highest BCUT2D eigenvalue weighted by Gasteiger charge is 2.21. The van der Waals surface area contributed by atoms with E-state index in [0.29, 0.717) is 23.9 Å². The molecule has 0 bridgehead atoms. The topological polar surface area (TPSA) is 69.3 Å².